The highest BCUT2D eigenvalue weighted by Gasteiger charge is 2.17. The van der Waals surface area contributed by atoms with Gasteiger partial charge in [0.1, 0.15) is 5.75 Å². The van der Waals surface area contributed by atoms with Crippen molar-refractivity contribution in [2.45, 2.75) is 33.2 Å². The van der Waals surface area contributed by atoms with E-state index in [1.165, 1.54) is 11.1 Å². The molecular weight excluding hydrogens is 236 g/mol. The molecule has 0 saturated heterocycles. The molecule has 0 bridgehead atoms. The lowest BCUT2D eigenvalue weighted by Gasteiger charge is -2.26. The first-order chi connectivity index (χ1) is 9.00. The van der Waals surface area contributed by atoms with Crippen molar-refractivity contribution in [2.75, 3.05) is 26.7 Å². The maximum absolute atomic E-state index is 5.77. The van der Waals surface area contributed by atoms with Crippen molar-refractivity contribution in [1.82, 2.24) is 4.90 Å². The Kier molecular flexibility index (Phi) is 4.48. The normalized spacial score (nSPS) is 14.6. The van der Waals surface area contributed by atoms with E-state index in [2.05, 4.69) is 44.0 Å². The van der Waals surface area contributed by atoms with Crippen LogP contribution in [-0.2, 0) is 13.0 Å². The van der Waals surface area contributed by atoms with Crippen molar-refractivity contribution in [2.24, 2.45) is 11.1 Å². The molecule has 1 aliphatic rings. The van der Waals surface area contributed by atoms with Gasteiger partial charge in [0.2, 0.25) is 0 Å². The predicted octanol–water partition coefficient (Wildman–Crippen LogP) is 2.43. The SMILES string of the molecule is CN(CCC(C)(C)CN)Cc1ccc2c(c1)CCO2. The van der Waals surface area contributed by atoms with Gasteiger partial charge >= 0.3 is 0 Å². The average Bonchev–Trinajstić information content (AvgIpc) is 2.84. The third-order valence-corrected chi connectivity index (χ3v) is 3.93. The lowest BCUT2D eigenvalue weighted by Crippen LogP contribution is -2.29. The first-order valence-corrected chi connectivity index (χ1v) is 7.13. The van der Waals surface area contributed by atoms with Crippen LogP contribution < -0.4 is 10.5 Å². The van der Waals surface area contributed by atoms with Crippen LogP contribution in [0, 0.1) is 5.41 Å². The minimum absolute atomic E-state index is 0.236. The number of fused-ring (bicyclic) bond motifs is 1. The van der Waals surface area contributed by atoms with E-state index in [4.69, 9.17) is 10.5 Å². The Hall–Kier alpha value is -1.06. The topological polar surface area (TPSA) is 38.5 Å². The molecule has 1 heterocycles. The summed E-state index contributed by atoms with van der Waals surface area (Å²) in [6.07, 6.45) is 2.18. The molecule has 0 aromatic heterocycles. The number of rotatable bonds is 6. The summed E-state index contributed by atoms with van der Waals surface area (Å²) in [6.45, 7) is 8.11. The van der Waals surface area contributed by atoms with E-state index in [-0.39, 0.29) is 5.41 Å². The molecule has 0 radical (unpaired) electrons. The van der Waals surface area contributed by atoms with Crippen LogP contribution in [0.25, 0.3) is 0 Å². The molecule has 0 fully saturated rings. The van der Waals surface area contributed by atoms with E-state index in [1.807, 2.05) is 0 Å². The molecule has 106 valence electrons. The molecule has 19 heavy (non-hydrogen) atoms. The molecule has 1 aliphatic heterocycles. The molecule has 0 amide bonds. The monoisotopic (exact) mass is 262 g/mol. The molecule has 0 saturated carbocycles. The Labute approximate surface area is 116 Å². The summed E-state index contributed by atoms with van der Waals surface area (Å²) >= 11 is 0. The van der Waals surface area contributed by atoms with Crippen molar-refractivity contribution in [1.29, 1.82) is 0 Å². The first kappa shape index (κ1) is 14.4. The summed E-state index contributed by atoms with van der Waals surface area (Å²) in [6, 6.07) is 6.57. The van der Waals surface area contributed by atoms with Crippen molar-refractivity contribution in [3.05, 3.63) is 29.3 Å². The van der Waals surface area contributed by atoms with Gasteiger partial charge in [0.25, 0.3) is 0 Å². The number of hydrogen-bond acceptors (Lipinski definition) is 3. The van der Waals surface area contributed by atoms with Crippen LogP contribution in [0.15, 0.2) is 18.2 Å². The highest BCUT2D eigenvalue weighted by Crippen LogP contribution is 2.26. The summed E-state index contributed by atoms with van der Waals surface area (Å²) in [7, 11) is 2.18. The van der Waals surface area contributed by atoms with Gasteiger partial charge in [-0.2, -0.15) is 0 Å². The highest BCUT2D eigenvalue weighted by atomic mass is 16.5. The van der Waals surface area contributed by atoms with Crippen LogP contribution in [0.5, 0.6) is 5.75 Å². The van der Waals surface area contributed by atoms with Crippen LogP contribution in [0.3, 0.4) is 0 Å². The van der Waals surface area contributed by atoms with Crippen LogP contribution in [0.1, 0.15) is 31.4 Å². The lowest BCUT2D eigenvalue weighted by molar-refractivity contribution is 0.249. The Morgan fingerprint density at radius 1 is 1.37 bits per heavy atom. The van der Waals surface area contributed by atoms with E-state index in [0.717, 1.165) is 44.8 Å². The molecule has 0 atom stereocenters. The van der Waals surface area contributed by atoms with E-state index in [9.17, 15) is 0 Å². The standard InChI is InChI=1S/C16H26N2O/c1-16(2,12-17)7-8-18(3)11-13-4-5-15-14(10-13)6-9-19-15/h4-5,10H,6-9,11-12,17H2,1-3H3. The van der Waals surface area contributed by atoms with Gasteiger partial charge in [-0.25, -0.2) is 0 Å². The van der Waals surface area contributed by atoms with Crippen LogP contribution in [0.4, 0.5) is 0 Å². The number of ether oxygens (including phenoxy) is 1. The third kappa shape index (κ3) is 3.95. The fraction of sp³-hybridized carbons (Fsp3) is 0.625. The van der Waals surface area contributed by atoms with Crippen LogP contribution in [0.2, 0.25) is 0 Å². The third-order valence-electron chi connectivity index (χ3n) is 3.93. The van der Waals surface area contributed by atoms with E-state index in [1.54, 1.807) is 0 Å². The molecule has 0 aliphatic carbocycles. The zero-order valence-corrected chi connectivity index (χ0v) is 12.4. The van der Waals surface area contributed by atoms with Crippen LogP contribution >= 0.6 is 0 Å². The van der Waals surface area contributed by atoms with Gasteiger partial charge in [-0.05, 0) is 49.2 Å². The van der Waals surface area contributed by atoms with Crippen molar-refractivity contribution >= 4 is 0 Å². The fourth-order valence-electron chi connectivity index (χ4n) is 2.32. The highest BCUT2D eigenvalue weighted by molar-refractivity contribution is 5.39. The van der Waals surface area contributed by atoms with Crippen molar-refractivity contribution in [3.63, 3.8) is 0 Å². The molecule has 2 N–H and O–H groups in total. The second kappa shape index (κ2) is 5.93. The molecular formula is C16H26N2O. The number of nitrogens with zero attached hydrogens (tertiary/aromatic N) is 1. The van der Waals surface area contributed by atoms with E-state index in [0.29, 0.717) is 0 Å². The second-order valence-electron chi connectivity index (χ2n) is 6.40. The minimum atomic E-state index is 0.236. The molecule has 2 rings (SSSR count). The van der Waals surface area contributed by atoms with Gasteiger partial charge in [-0.15, -0.1) is 0 Å². The second-order valence-corrected chi connectivity index (χ2v) is 6.40. The molecule has 1 aromatic rings. The Morgan fingerprint density at radius 2 is 2.16 bits per heavy atom. The van der Waals surface area contributed by atoms with Gasteiger partial charge in [-0.3, -0.25) is 0 Å². The summed E-state index contributed by atoms with van der Waals surface area (Å²) in [5.74, 6) is 1.07. The maximum atomic E-state index is 5.77. The van der Waals surface area contributed by atoms with Gasteiger partial charge in [0.15, 0.2) is 0 Å². The summed E-state index contributed by atoms with van der Waals surface area (Å²) in [5, 5.41) is 0. The smallest absolute Gasteiger partial charge is 0.122 e. The van der Waals surface area contributed by atoms with Gasteiger partial charge in [-0.1, -0.05) is 26.0 Å². The first-order valence-electron chi connectivity index (χ1n) is 7.13. The number of hydrogen-bond donors (Lipinski definition) is 1. The summed E-state index contributed by atoms with van der Waals surface area (Å²) in [4.78, 5) is 2.37. The maximum Gasteiger partial charge on any atom is 0.122 e. The Balaban J connectivity index is 1.87. The molecule has 3 heteroatoms. The van der Waals surface area contributed by atoms with E-state index < -0.39 is 0 Å². The molecule has 3 nitrogen and oxygen atoms in total. The molecule has 0 spiro atoms. The van der Waals surface area contributed by atoms with Crippen molar-refractivity contribution in [3.8, 4) is 5.75 Å². The zero-order chi connectivity index (χ0) is 13.9. The molecule has 1 aromatic carbocycles. The minimum Gasteiger partial charge on any atom is -0.493 e. The van der Waals surface area contributed by atoms with Gasteiger partial charge < -0.3 is 15.4 Å². The largest absolute Gasteiger partial charge is 0.493 e. The summed E-state index contributed by atoms with van der Waals surface area (Å²) in [5.41, 5.74) is 8.74. The van der Waals surface area contributed by atoms with Gasteiger partial charge in [0.05, 0.1) is 6.61 Å². The number of nitrogens with two attached hydrogens (primary N) is 1. The quantitative estimate of drug-likeness (QED) is 0.855. The predicted molar refractivity (Wildman–Crippen MR) is 79.4 cm³/mol. The zero-order valence-electron chi connectivity index (χ0n) is 12.4. The van der Waals surface area contributed by atoms with Gasteiger partial charge in [0, 0.05) is 13.0 Å². The fourth-order valence-corrected chi connectivity index (χ4v) is 2.32. The Morgan fingerprint density at radius 3 is 2.89 bits per heavy atom. The summed E-state index contributed by atoms with van der Waals surface area (Å²) < 4.78 is 5.54. The van der Waals surface area contributed by atoms with Crippen LogP contribution in [-0.4, -0.2) is 31.6 Å². The average molecular weight is 262 g/mol. The Bertz CT molecular complexity index is 429. The lowest BCUT2D eigenvalue weighted by atomic mass is 9.89. The van der Waals surface area contributed by atoms with Crippen molar-refractivity contribution < 1.29 is 4.74 Å². The molecule has 0 unspecified atom stereocenters. The van der Waals surface area contributed by atoms with E-state index >= 15 is 0 Å². The number of benzene rings is 1.